The molecule has 0 atom stereocenters. The zero-order valence-electron chi connectivity index (χ0n) is 18.1. The van der Waals surface area contributed by atoms with E-state index in [1.54, 1.807) is 14.2 Å². The van der Waals surface area contributed by atoms with Crippen molar-refractivity contribution in [2.75, 3.05) is 14.2 Å². The molecule has 4 rings (SSSR count). The van der Waals surface area contributed by atoms with Crippen LogP contribution in [0.4, 0.5) is 0 Å². The lowest BCUT2D eigenvalue weighted by Crippen LogP contribution is -1.92. The van der Waals surface area contributed by atoms with Gasteiger partial charge in [0, 0.05) is 10.7 Å². The normalized spacial score (nSPS) is 10.8. The first-order valence-electron chi connectivity index (χ1n) is 10.3. The number of ether oxygens (including phenoxy) is 2. The topological polar surface area (TPSA) is 18.5 Å². The minimum absolute atomic E-state index is 0.795. The lowest BCUT2D eigenvalue weighted by molar-refractivity contribution is 0.415. The predicted molar refractivity (Wildman–Crippen MR) is 141 cm³/mol. The van der Waals surface area contributed by atoms with Gasteiger partial charge in [-0.3, -0.25) is 0 Å². The van der Waals surface area contributed by atoms with Gasteiger partial charge in [0.25, 0.3) is 0 Å². The van der Waals surface area contributed by atoms with E-state index in [-0.39, 0.29) is 0 Å². The molecule has 0 aliphatic carbocycles. The maximum absolute atomic E-state index is 5.33. The van der Waals surface area contributed by atoms with Gasteiger partial charge in [0.1, 0.15) is 11.5 Å². The van der Waals surface area contributed by atoms with Crippen LogP contribution in [0.25, 0.3) is 33.4 Å². The van der Waals surface area contributed by atoms with Gasteiger partial charge in [0.15, 0.2) is 0 Å². The second kappa shape index (κ2) is 10.4. The average molecular weight is 552 g/mol. The Labute approximate surface area is 206 Å². The summed E-state index contributed by atoms with van der Waals surface area (Å²) in [5, 5.41) is 1.59. The molecule has 0 bridgehead atoms. The Hall–Kier alpha value is -2.56. The number of methoxy groups -OCH3 is 2. The Kier molecular flexibility index (Phi) is 7.33. The summed E-state index contributed by atoms with van der Waals surface area (Å²) in [4.78, 5) is 0. The molecule has 0 radical (unpaired) electrons. The number of benzene rings is 4. The SMILES string of the molecule is COc1ccc(-c2ccc(CBr)c(-c3ccc(CBr)c(-c4ccc(OC)cc4)c3)c2)cc1. The van der Waals surface area contributed by atoms with Crippen LogP contribution in [0.1, 0.15) is 11.1 Å². The van der Waals surface area contributed by atoms with E-state index >= 15 is 0 Å². The van der Waals surface area contributed by atoms with Gasteiger partial charge < -0.3 is 9.47 Å². The van der Waals surface area contributed by atoms with Crippen LogP contribution in [0, 0.1) is 0 Å². The summed E-state index contributed by atoms with van der Waals surface area (Å²) in [7, 11) is 3.38. The van der Waals surface area contributed by atoms with Crippen LogP contribution in [-0.2, 0) is 10.7 Å². The Balaban J connectivity index is 1.80. The summed E-state index contributed by atoms with van der Waals surface area (Å²) in [6, 6.07) is 29.8. The molecule has 32 heavy (non-hydrogen) atoms. The molecule has 0 fully saturated rings. The van der Waals surface area contributed by atoms with Crippen LogP contribution in [-0.4, -0.2) is 14.2 Å². The largest absolute Gasteiger partial charge is 0.497 e. The molecule has 4 heteroatoms. The fourth-order valence-electron chi connectivity index (χ4n) is 3.82. The molecule has 0 saturated heterocycles. The van der Waals surface area contributed by atoms with Gasteiger partial charge in [-0.25, -0.2) is 0 Å². The van der Waals surface area contributed by atoms with Crippen molar-refractivity contribution < 1.29 is 9.47 Å². The van der Waals surface area contributed by atoms with Crippen LogP contribution < -0.4 is 9.47 Å². The standard InChI is InChI=1S/C28H24Br2O2/c1-31-25-11-7-19(8-12-25)21-3-5-24(18-30)28(15-21)22-4-6-23(17-29)27(16-22)20-9-13-26(32-2)14-10-20/h3-16H,17-18H2,1-2H3. The molecule has 2 nitrogen and oxygen atoms in total. The summed E-state index contributed by atoms with van der Waals surface area (Å²) in [5.74, 6) is 1.72. The smallest absolute Gasteiger partial charge is 0.118 e. The minimum Gasteiger partial charge on any atom is -0.497 e. The zero-order valence-corrected chi connectivity index (χ0v) is 21.2. The molecule has 0 aliphatic rings. The third-order valence-electron chi connectivity index (χ3n) is 5.64. The van der Waals surface area contributed by atoms with Gasteiger partial charge in [0.2, 0.25) is 0 Å². The summed E-state index contributed by atoms with van der Waals surface area (Å²) in [5.41, 5.74) is 9.69. The first kappa shape index (κ1) is 22.6. The number of hydrogen-bond acceptors (Lipinski definition) is 2. The highest BCUT2D eigenvalue weighted by atomic mass is 79.9. The lowest BCUT2D eigenvalue weighted by atomic mass is 9.91. The molecular weight excluding hydrogens is 528 g/mol. The molecule has 0 aromatic heterocycles. The van der Waals surface area contributed by atoms with Crippen molar-refractivity contribution in [3.05, 3.63) is 96.1 Å². The third kappa shape index (κ3) is 4.77. The molecular formula is C28H24Br2O2. The van der Waals surface area contributed by atoms with Crippen molar-refractivity contribution in [3.8, 4) is 44.9 Å². The maximum atomic E-state index is 5.33. The maximum Gasteiger partial charge on any atom is 0.118 e. The van der Waals surface area contributed by atoms with E-state index < -0.39 is 0 Å². The zero-order chi connectivity index (χ0) is 22.5. The quantitative estimate of drug-likeness (QED) is 0.214. The van der Waals surface area contributed by atoms with E-state index in [4.69, 9.17) is 9.47 Å². The molecule has 0 spiro atoms. The third-order valence-corrected chi connectivity index (χ3v) is 6.85. The van der Waals surface area contributed by atoms with Gasteiger partial charge in [-0.1, -0.05) is 80.4 Å². The molecule has 0 unspecified atom stereocenters. The first-order valence-corrected chi connectivity index (χ1v) is 12.6. The van der Waals surface area contributed by atoms with Gasteiger partial charge in [-0.05, 0) is 80.9 Å². The summed E-state index contributed by atoms with van der Waals surface area (Å²) in [6.45, 7) is 0. The Morgan fingerprint density at radius 1 is 0.500 bits per heavy atom. The van der Waals surface area contributed by atoms with E-state index in [0.29, 0.717) is 0 Å². The van der Waals surface area contributed by atoms with Crippen molar-refractivity contribution in [2.24, 2.45) is 0 Å². The Morgan fingerprint density at radius 3 is 1.41 bits per heavy atom. The second-order valence-electron chi connectivity index (χ2n) is 7.47. The first-order chi connectivity index (χ1) is 15.7. The van der Waals surface area contributed by atoms with E-state index in [9.17, 15) is 0 Å². The van der Waals surface area contributed by atoms with Gasteiger partial charge in [-0.15, -0.1) is 0 Å². The van der Waals surface area contributed by atoms with Crippen LogP contribution in [0.3, 0.4) is 0 Å². The molecule has 0 amide bonds. The second-order valence-corrected chi connectivity index (χ2v) is 8.59. The fourth-order valence-corrected chi connectivity index (χ4v) is 4.80. The van der Waals surface area contributed by atoms with Crippen molar-refractivity contribution in [1.29, 1.82) is 0 Å². The lowest BCUT2D eigenvalue weighted by Gasteiger charge is -2.15. The van der Waals surface area contributed by atoms with Crippen molar-refractivity contribution in [2.45, 2.75) is 10.7 Å². The van der Waals surface area contributed by atoms with Crippen LogP contribution in [0.2, 0.25) is 0 Å². The number of halogens is 2. The Morgan fingerprint density at radius 2 is 0.906 bits per heavy atom. The van der Waals surface area contributed by atoms with Crippen LogP contribution in [0.15, 0.2) is 84.9 Å². The van der Waals surface area contributed by atoms with Crippen LogP contribution in [0.5, 0.6) is 11.5 Å². The highest BCUT2D eigenvalue weighted by Crippen LogP contribution is 2.36. The minimum atomic E-state index is 0.795. The summed E-state index contributed by atoms with van der Waals surface area (Å²) in [6.07, 6.45) is 0. The van der Waals surface area contributed by atoms with Crippen molar-refractivity contribution in [1.82, 2.24) is 0 Å². The molecule has 4 aromatic carbocycles. The van der Waals surface area contributed by atoms with E-state index in [0.717, 1.165) is 22.2 Å². The van der Waals surface area contributed by atoms with Crippen molar-refractivity contribution >= 4 is 31.9 Å². The molecule has 0 N–H and O–H groups in total. The highest BCUT2D eigenvalue weighted by Gasteiger charge is 2.12. The summed E-state index contributed by atoms with van der Waals surface area (Å²) >= 11 is 7.33. The van der Waals surface area contributed by atoms with Gasteiger partial charge >= 0.3 is 0 Å². The van der Waals surface area contributed by atoms with Gasteiger partial charge in [0.05, 0.1) is 14.2 Å². The van der Waals surface area contributed by atoms with Crippen LogP contribution >= 0.6 is 31.9 Å². The fraction of sp³-hybridized carbons (Fsp3) is 0.143. The summed E-state index contributed by atoms with van der Waals surface area (Å²) < 4.78 is 10.6. The van der Waals surface area contributed by atoms with Gasteiger partial charge in [-0.2, -0.15) is 0 Å². The molecule has 0 aliphatic heterocycles. The van der Waals surface area contributed by atoms with E-state index in [1.807, 2.05) is 24.3 Å². The predicted octanol–water partition coefficient (Wildman–Crippen LogP) is 8.49. The molecule has 0 saturated carbocycles. The van der Waals surface area contributed by atoms with E-state index in [2.05, 4.69) is 92.5 Å². The molecule has 0 heterocycles. The number of rotatable bonds is 7. The Bertz CT molecular complexity index is 1200. The molecule has 162 valence electrons. The van der Waals surface area contributed by atoms with E-state index in [1.165, 1.54) is 44.5 Å². The number of hydrogen-bond donors (Lipinski definition) is 0. The number of alkyl halides is 2. The molecule has 4 aromatic rings. The van der Waals surface area contributed by atoms with Crippen molar-refractivity contribution in [3.63, 3.8) is 0 Å². The monoisotopic (exact) mass is 550 g/mol. The highest BCUT2D eigenvalue weighted by molar-refractivity contribution is 9.08. The average Bonchev–Trinajstić information content (AvgIpc) is 2.88.